The number of amides is 1. The number of nitrogens with zero attached hydrogens (tertiary/aromatic N) is 1. The minimum absolute atomic E-state index is 0.108. The first-order valence-corrected chi connectivity index (χ1v) is 7.76. The summed E-state index contributed by atoms with van der Waals surface area (Å²) in [7, 11) is 0. The first kappa shape index (κ1) is 14.8. The number of nitrogens with one attached hydrogen (secondary N) is 1. The lowest BCUT2D eigenvalue weighted by molar-refractivity contribution is 0.0690. The number of carboxylic acids is 1. The average Bonchev–Trinajstić information content (AvgIpc) is 2.86. The SMILES string of the molecule is CCSC1CCC(NC(=O)c2ccnc(C(=O)O)c2)C1. The van der Waals surface area contributed by atoms with Crippen molar-refractivity contribution < 1.29 is 14.7 Å². The summed E-state index contributed by atoms with van der Waals surface area (Å²) in [5, 5.41) is 12.5. The molecule has 1 aliphatic carbocycles. The van der Waals surface area contributed by atoms with Gasteiger partial charge in [0.1, 0.15) is 5.69 Å². The molecule has 0 aliphatic heterocycles. The summed E-state index contributed by atoms with van der Waals surface area (Å²) < 4.78 is 0. The highest BCUT2D eigenvalue weighted by Crippen LogP contribution is 2.29. The normalized spacial score (nSPS) is 21.6. The summed E-state index contributed by atoms with van der Waals surface area (Å²) in [6, 6.07) is 3.04. The molecule has 0 spiro atoms. The van der Waals surface area contributed by atoms with E-state index in [0.717, 1.165) is 25.0 Å². The van der Waals surface area contributed by atoms with E-state index < -0.39 is 5.97 Å². The summed E-state index contributed by atoms with van der Waals surface area (Å²) in [5.41, 5.74) is 0.243. The molecule has 20 heavy (non-hydrogen) atoms. The van der Waals surface area contributed by atoms with Crippen LogP contribution in [-0.2, 0) is 0 Å². The summed E-state index contributed by atoms with van der Waals surface area (Å²) in [4.78, 5) is 26.6. The van der Waals surface area contributed by atoms with E-state index in [-0.39, 0.29) is 17.6 Å². The number of aromatic nitrogens is 1. The molecule has 0 saturated heterocycles. The second-order valence-electron chi connectivity index (χ2n) is 4.80. The van der Waals surface area contributed by atoms with E-state index in [1.165, 1.54) is 18.3 Å². The summed E-state index contributed by atoms with van der Waals surface area (Å²) >= 11 is 1.93. The highest BCUT2D eigenvalue weighted by molar-refractivity contribution is 7.99. The number of rotatable bonds is 5. The minimum atomic E-state index is -1.13. The number of carbonyl (C=O) groups excluding carboxylic acids is 1. The molecule has 1 aliphatic rings. The van der Waals surface area contributed by atoms with Crippen LogP contribution in [0.25, 0.3) is 0 Å². The maximum Gasteiger partial charge on any atom is 0.354 e. The Labute approximate surface area is 122 Å². The quantitative estimate of drug-likeness (QED) is 0.870. The van der Waals surface area contributed by atoms with Gasteiger partial charge in [-0.15, -0.1) is 0 Å². The van der Waals surface area contributed by atoms with E-state index in [0.29, 0.717) is 10.8 Å². The molecule has 0 radical (unpaired) electrons. The minimum Gasteiger partial charge on any atom is -0.477 e. The second-order valence-corrected chi connectivity index (χ2v) is 6.37. The zero-order chi connectivity index (χ0) is 14.5. The third-order valence-corrected chi connectivity index (χ3v) is 4.60. The lowest BCUT2D eigenvalue weighted by atomic mass is 10.2. The number of hydrogen-bond acceptors (Lipinski definition) is 4. The molecular formula is C14H18N2O3S. The van der Waals surface area contributed by atoms with E-state index in [9.17, 15) is 9.59 Å². The summed E-state index contributed by atoms with van der Waals surface area (Å²) in [6.45, 7) is 2.14. The van der Waals surface area contributed by atoms with Crippen molar-refractivity contribution >= 4 is 23.6 Å². The standard InChI is InChI=1S/C14H18N2O3S/c1-2-20-11-4-3-10(8-11)16-13(17)9-5-6-15-12(7-9)14(18)19/h5-7,10-11H,2-4,8H2,1H3,(H,16,17)(H,18,19). The van der Waals surface area contributed by atoms with Gasteiger partial charge in [0.15, 0.2) is 0 Å². The first-order valence-electron chi connectivity index (χ1n) is 6.72. The van der Waals surface area contributed by atoms with Crippen LogP contribution in [-0.4, -0.2) is 39.0 Å². The Morgan fingerprint density at radius 1 is 1.50 bits per heavy atom. The predicted molar refractivity (Wildman–Crippen MR) is 78.2 cm³/mol. The Hall–Kier alpha value is -1.56. The highest BCUT2D eigenvalue weighted by atomic mass is 32.2. The van der Waals surface area contributed by atoms with Gasteiger partial charge in [0, 0.05) is 23.1 Å². The molecule has 108 valence electrons. The van der Waals surface area contributed by atoms with Crippen molar-refractivity contribution in [2.24, 2.45) is 0 Å². The number of thioether (sulfide) groups is 1. The number of pyridine rings is 1. The van der Waals surface area contributed by atoms with E-state index >= 15 is 0 Å². The number of aromatic carboxylic acids is 1. The van der Waals surface area contributed by atoms with Crippen molar-refractivity contribution in [1.29, 1.82) is 0 Å². The first-order chi connectivity index (χ1) is 9.60. The van der Waals surface area contributed by atoms with Crippen molar-refractivity contribution in [3.8, 4) is 0 Å². The van der Waals surface area contributed by atoms with Crippen LogP contribution in [0, 0.1) is 0 Å². The van der Waals surface area contributed by atoms with Crippen LogP contribution in [0.15, 0.2) is 18.3 Å². The fourth-order valence-electron chi connectivity index (χ4n) is 2.42. The van der Waals surface area contributed by atoms with Crippen LogP contribution in [0.1, 0.15) is 47.0 Å². The fourth-order valence-corrected chi connectivity index (χ4v) is 3.56. The molecule has 2 unspecified atom stereocenters. The van der Waals surface area contributed by atoms with Crippen molar-refractivity contribution in [2.45, 2.75) is 37.5 Å². The van der Waals surface area contributed by atoms with Gasteiger partial charge in [-0.2, -0.15) is 11.8 Å². The Balaban J connectivity index is 1.95. The zero-order valence-corrected chi connectivity index (χ0v) is 12.2. The van der Waals surface area contributed by atoms with E-state index in [4.69, 9.17) is 5.11 Å². The maximum absolute atomic E-state index is 12.1. The van der Waals surface area contributed by atoms with Gasteiger partial charge in [-0.05, 0) is 37.1 Å². The molecule has 6 heteroatoms. The molecule has 0 bridgehead atoms. The van der Waals surface area contributed by atoms with Gasteiger partial charge in [0.25, 0.3) is 5.91 Å². The van der Waals surface area contributed by atoms with Crippen LogP contribution >= 0.6 is 11.8 Å². The topological polar surface area (TPSA) is 79.3 Å². The van der Waals surface area contributed by atoms with E-state index in [2.05, 4.69) is 17.2 Å². The van der Waals surface area contributed by atoms with Gasteiger partial charge in [-0.3, -0.25) is 4.79 Å². The van der Waals surface area contributed by atoms with Gasteiger partial charge in [0.05, 0.1) is 0 Å². The molecule has 2 atom stereocenters. The van der Waals surface area contributed by atoms with Gasteiger partial charge < -0.3 is 10.4 Å². The fraction of sp³-hybridized carbons (Fsp3) is 0.500. The lowest BCUT2D eigenvalue weighted by Crippen LogP contribution is -2.33. The molecule has 1 saturated carbocycles. The smallest absolute Gasteiger partial charge is 0.354 e. The van der Waals surface area contributed by atoms with Gasteiger partial charge in [0.2, 0.25) is 0 Å². The molecule has 1 heterocycles. The van der Waals surface area contributed by atoms with Crippen LogP contribution in [0.4, 0.5) is 0 Å². The Morgan fingerprint density at radius 2 is 2.30 bits per heavy atom. The number of carboxylic acid groups (broad SMARTS) is 1. The van der Waals surface area contributed by atoms with Crippen LogP contribution in [0.3, 0.4) is 0 Å². The van der Waals surface area contributed by atoms with Crippen LogP contribution in [0.5, 0.6) is 0 Å². The molecule has 0 aromatic carbocycles. The number of hydrogen-bond donors (Lipinski definition) is 2. The maximum atomic E-state index is 12.1. The van der Waals surface area contributed by atoms with Crippen molar-refractivity contribution in [3.63, 3.8) is 0 Å². The Kier molecular flexibility index (Phi) is 5.00. The third-order valence-electron chi connectivity index (χ3n) is 3.36. The van der Waals surface area contributed by atoms with Crippen LogP contribution < -0.4 is 5.32 Å². The molecule has 1 amide bonds. The van der Waals surface area contributed by atoms with Gasteiger partial charge in [-0.1, -0.05) is 6.92 Å². The van der Waals surface area contributed by atoms with E-state index in [1.807, 2.05) is 11.8 Å². The predicted octanol–water partition coefficient (Wildman–Crippen LogP) is 2.18. The van der Waals surface area contributed by atoms with Gasteiger partial charge >= 0.3 is 5.97 Å². The molecule has 1 aromatic heterocycles. The summed E-state index contributed by atoms with van der Waals surface area (Å²) in [6.07, 6.45) is 4.45. The molecule has 2 N–H and O–H groups in total. The van der Waals surface area contributed by atoms with Crippen molar-refractivity contribution in [1.82, 2.24) is 10.3 Å². The van der Waals surface area contributed by atoms with Crippen LogP contribution in [0.2, 0.25) is 0 Å². The second kappa shape index (κ2) is 6.74. The van der Waals surface area contributed by atoms with E-state index in [1.54, 1.807) is 0 Å². The largest absolute Gasteiger partial charge is 0.477 e. The Bertz CT molecular complexity index is 507. The molecule has 5 nitrogen and oxygen atoms in total. The Morgan fingerprint density at radius 3 is 3.00 bits per heavy atom. The molecule has 1 aromatic rings. The number of carbonyl (C=O) groups is 2. The zero-order valence-electron chi connectivity index (χ0n) is 11.3. The molecular weight excluding hydrogens is 276 g/mol. The molecule has 2 rings (SSSR count). The highest BCUT2D eigenvalue weighted by Gasteiger charge is 2.26. The lowest BCUT2D eigenvalue weighted by Gasteiger charge is -2.13. The molecule has 1 fully saturated rings. The average molecular weight is 294 g/mol. The van der Waals surface area contributed by atoms with Crippen molar-refractivity contribution in [2.75, 3.05) is 5.75 Å². The summed E-state index contributed by atoms with van der Waals surface area (Å²) in [5.74, 6) is -0.250. The monoisotopic (exact) mass is 294 g/mol. The third kappa shape index (κ3) is 3.72. The van der Waals surface area contributed by atoms with Crippen molar-refractivity contribution in [3.05, 3.63) is 29.6 Å². The van der Waals surface area contributed by atoms with Gasteiger partial charge in [-0.25, -0.2) is 9.78 Å².